The number of hydrogen-bond donors (Lipinski definition) is 2. The van der Waals surface area contributed by atoms with Gasteiger partial charge in [-0.05, 0) is 61.6 Å². The number of imide groups is 1. The number of carbonyl (C=O) groups is 6. The van der Waals surface area contributed by atoms with Crippen molar-refractivity contribution in [1.29, 1.82) is 0 Å². The van der Waals surface area contributed by atoms with Crippen LogP contribution in [0.5, 0.6) is 11.5 Å². The molecular formula is C38H33Cl2F2N5O8. The number of nitrogens with zero attached hydrogens (tertiary/aromatic N) is 3. The highest BCUT2D eigenvalue weighted by atomic mass is 35.5. The second kappa shape index (κ2) is 17.3. The Kier molecular flexibility index (Phi) is 12.3. The van der Waals surface area contributed by atoms with E-state index in [1.54, 1.807) is 17.0 Å². The molecule has 1 aromatic heterocycles. The minimum Gasteiger partial charge on any atom is -0.431 e. The largest absolute Gasteiger partial charge is 0.431 e. The number of esters is 1. The van der Waals surface area contributed by atoms with Gasteiger partial charge in [-0.15, -0.1) is 0 Å². The summed E-state index contributed by atoms with van der Waals surface area (Å²) >= 11 is 12.1. The fourth-order valence-corrected chi connectivity index (χ4v) is 6.97. The summed E-state index contributed by atoms with van der Waals surface area (Å²) in [5, 5.41) is 4.92. The molecule has 286 valence electrons. The summed E-state index contributed by atoms with van der Waals surface area (Å²) in [6.45, 7) is -2.10. The molecular weight excluding hydrogens is 763 g/mol. The van der Waals surface area contributed by atoms with Gasteiger partial charge in [0.1, 0.15) is 6.04 Å². The molecule has 0 spiro atoms. The average Bonchev–Trinajstić information content (AvgIpc) is 3.49. The third-order valence-electron chi connectivity index (χ3n) is 9.35. The number of fused-ring (bicyclic) bond motifs is 1. The molecule has 0 radical (unpaired) electrons. The fraction of sp³-hybridized carbons (Fsp3) is 0.342. The Labute approximate surface area is 323 Å². The number of benzene rings is 2. The van der Waals surface area contributed by atoms with Crippen molar-refractivity contribution in [3.63, 3.8) is 0 Å². The highest BCUT2D eigenvalue weighted by Gasteiger charge is 2.39. The molecule has 0 aliphatic carbocycles. The monoisotopic (exact) mass is 795 g/mol. The summed E-state index contributed by atoms with van der Waals surface area (Å²) in [5.41, 5.74) is 1.91. The number of anilines is 1. The second-order valence-corrected chi connectivity index (χ2v) is 13.8. The van der Waals surface area contributed by atoms with Gasteiger partial charge in [0.25, 0.3) is 11.8 Å². The van der Waals surface area contributed by atoms with Crippen LogP contribution in [0, 0.1) is 17.8 Å². The van der Waals surface area contributed by atoms with Gasteiger partial charge in [0, 0.05) is 73.9 Å². The van der Waals surface area contributed by atoms with Crippen LogP contribution in [0.3, 0.4) is 0 Å². The van der Waals surface area contributed by atoms with Crippen LogP contribution >= 0.6 is 23.2 Å². The number of ether oxygens (including phenoxy) is 2. The Morgan fingerprint density at radius 2 is 1.75 bits per heavy atom. The molecule has 2 aromatic carbocycles. The quantitative estimate of drug-likeness (QED) is 0.119. The predicted octanol–water partition coefficient (Wildman–Crippen LogP) is 5.37. The average molecular weight is 797 g/mol. The summed E-state index contributed by atoms with van der Waals surface area (Å²) in [7, 11) is 0. The number of nitrogens with one attached hydrogen (secondary N) is 2. The standard InChI is InChI=1S/C38H33Cl2F2N5O8/c39-26-18-43-19-27(40)34(26)45-35(51)23-9-11-29(55-38(41)42)30(17-23)54-33(50)6-2-5-32(49)46-15-13-21(14-16-46)7-8-22-3-1-4-24-25(22)20-47(37(24)53)28-10-12-31(48)44-36(28)52/h1,3-4,9,11,17-19,21,28,38H,2,5-6,10,12-16,20H2,(H,43,45,51)(H,44,48,52). The third-order valence-corrected chi connectivity index (χ3v) is 9.92. The third kappa shape index (κ3) is 9.38. The molecule has 17 heteroatoms. The molecule has 5 amide bonds. The van der Waals surface area contributed by atoms with E-state index in [2.05, 4.69) is 32.2 Å². The van der Waals surface area contributed by atoms with Crippen LogP contribution in [0.2, 0.25) is 10.0 Å². The smallest absolute Gasteiger partial charge is 0.387 e. The molecule has 55 heavy (non-hydrogen) atoms. The lowest BCUT2D eigenvalue weighted by molar-refractivity contribution is -0.138. The van der Waals surface area contributed by atoms with Crippen molar-refractivity contribution >= 4 is 64.4 Å². The first-order valence-corrected chi connectivity index (χ1v) is 18.1. The first kappa shape index (κ1) is 39.1. The number of halogens is 4. The van der Waals surface area contributed by atoms with E-state index in [0.717, 1.165) is 17.7 Å². The molecule has 3 aliphatic heterocycles. The predicted molar refractivity (Wildman–Crippen MR) is 193 cm³/mol. The van der Waals surface area contributed by atoms with Crippen molar-refractivity contribution < 1.29 is 47.0 Å². The van der Waals surface area contributed by atoms with Gasteiger partial charge in [-0.25, -0.2) is 0 Å². The van der Waals surface area contributed by atoms with Gasteiger partial charge in [0.05, 0.1) is 15.7 Å². The summed E-state index contributed by atoms with van der Waals surface area (Å²) in [4.78, 5) is 82.7. The number of alkyl halides is 2. The van der Waals surface area contributed by atoms with Crippen LogP contribution in [-0.2, 0) is 25.7 Å². The molecule has 1 unspecified atom stereocenters. The molecule has 2 saturated heterocycles. The maximum atomic E-state index is 13.1. The highest BCUT2D eigenvalue weighted by Crippen LogP contribution is 2.33. The summed E-state index contributed by atoms with van der Waals surface area (Å²) in [6, 6.07) is 7.87. The van der Waals surface area contributed by atoms with Gasteiger partial charge in [0.15, 0.2) is 11.5 Å². The maximum Gasteiger partial charge on any atom is 0.387 e. The molecule has 6 rings (SSSR count). The van der Waals surface area contributed by atoms with Crippen molar-refractivity contribution in [2.24, 2.45) is 5.92 Å². The van der Waals surface area contributed by atoms with Gasteiger partial charge in [-0.3, -0.25) is 39.1 Å². The van der Waals surface area contributed by atoms with Crippen LogP contribution in [0.4, 0.5) is 14.5 Å². The van der Waals surface area contributed by atoms with Gasteiger partial charge in [0.2, 0.25) is 17.7 Å². The fourth-order valence-electron chi connectivity index (χ4n) is 6.51. The van der Waals surface area contributed by atoms with Gasteiger partial charge >= 0.3 is 12.6 Å². The number of piperidine rings is 2. The van der Waals surface area contributed by atoms with E-state index in [1.165, 1.54) is 23.4 Å². The van der Waals surface area contributed by atoms with E-state index in [1.807, 2.05) is 6.07 Å². The van der Waals surface area contributed by atoms with Crippen molar-refractivity contribution in [2.45, 2.75) is 64.1 Å². The number of aromatic nitrogens is 1. The summed E-state index contributed by atoms with van der Waals surface area (Å²) < 4.78 is 35.9. The second-order valence-electron chi connectivity index (χ2n) is 13.0. The van der Waals surface area contributed by atoms with E-state index in [4.69, 9.17) is 27.9 Å². The van der Waals surface area contributed by atoms with Gasteiger partial charge in [-0.1, -0.05) is 41.1 Å². The molecule has 0 bridgehead atoms. The molecule has 0 saturated carbocycles. The van der Waals surface area contributed by atoms with E-state index in [9.17, 15) is 37.5 Å². The minimum atomic E-state index is -3.23. The van der Waals surface area contributed by atoms with Crippen molar-refractivity contribution in [1.82, 2.24) is 20.1 Å². The Bertz CT molecular complexity index is 2100. The molecule has 4 heterocycles. The first-order valence-electron chi connectivity index (χ1n) is 17.3. The Hall–Kier alpha value is -5.59. The van der Waals surface area contributed by atoms with E-state index in [-0.39, 0.29) is 83.6 Å². The molecule has 13 nitrogen and oxygen atoms in total. The molecule has 3 aromatic rings. The number of rotatable bonds is 10. The zero-order chi connectivity index (χ0) is 39.2. The highest BCUT2D eigenvalue weighted by molar-refractivity contribution is 6.39. The van der Waals surface area contributed by atoms with E-state index >= 15 is 0 Å². The van der Waals surface area contributed by atoms with Gasteiger partial charge in [-0.2, -0.15) is 8.78 Å². The number of hydrogen-bond acceptors (Lipinski definition) is 9. The Balaban J connectivity index is 0.984. The minimum absolute atomic E-state index is 0.000556. The van der Waals surface area contributed by atoms with Crippen molar-refractivity contribution in [2.75, 3.05) is 18.4 Å². The number of amides is 5. The van der Waals surface area contributed by atoms with Crippen molar-refractivity contribution in [3.05, 3.63) is 81.1 Å². The lowest BCUT2D eigenvalue weighted by Crippen LogP contribution is -2.52. The zero-order valence-electron chi connectivity index (χ0n) is 29.0. The summed E-state index contributed by atoms with van der Waals surface area (Å²) in [5.74, 6) is 2.77. The number of pyridine rings is 1. The van der Waals surface area contributed by atoms with Crippen molar-refractivity contribution in [3.8, 4) is 23.3 Å². The Morgan fingerprint density at radius 1 is 1.00 bits per heavy atom. The summed E-state index contributed by atoms with van der Waals surface area (Å²) in [6.07, 6.45) is 4.15. The topological polar surface area (TPSA) is 164 Å². The molecule has 2 N–H and O–H groups in total. The zero-order valence-corrected chi connectivity index (χ0v) is 30.6. The van der Waals surface area contributed by atoms with Crippen LogP contribution < -0.4 is 20.1 Å². The number of likely N-dealkylation sites (tertiary alicyclic amines) is 1. The molecule has 3 aliphatic rings. The van der Waals surface area contributed by atoms with Crippen LogP contribution in [0.15, 0.2) is 48.8 Å². The van der Waals surface area contributed by atoms with Crippen LogP contribution in [0.25, 0.3) is 0 Å². The first-order chi connectivity index (χ1) is 26.4. The van der Waals surface area contributed by atoms with E-state index < -0.39 is 41.9 Å². The lowest BCUT2D eigenvalue weighted by atomic mass is 9.96. The normalized spacial score (nSPS) is 17.0. The molecule has 1 atom stereocenters. The SMILES string of the molecule is O=C1CCC(N2Cc3c(C#CC4CCN(C(=O)CCCC(=O)Oc5cc(C(=O)Nc6c(Cl)cncc6Cl)ccc5OC(F)F)CC4)cccc3C2=O)C(=O)N1. The maximum absolute atomic E-state index is 13.1. The van der Waals surface area contributed by atoms with Crippen LogP contribution in [-0.4, -0.2) is 76.0 Å². The number of carbonyl (C=O) groups excluding carboxylic acids is 6. The van der Waals surface area contributed by atoms with Crippen LogP contribution in [0.1, 0.15) is 76.8 Å². The van der Waals surface area contributed by atoms with Gasteiger partial charge < -0.3 is 24.6 Å². The lowest BCUT2D eigenvalue weighted by Gasteiger charge is -2.30. The van der Waals surface area contributed by atoms with E-state index in [0.29, 0.717) is 37.1 Å². The molecule has 2 fully saturated rings. The Morgan fingerprint density at radius 3 is 2.45 bits per heavy atom.